The molecule has 11 rings (SSSR count). The molecule has 11 aromatic rings. The standard InChI is InChI=1S/C50H28N6O2.2Pt/c1-3-19-46-40(15-1)41-16-2-4-20-47(41)55(46)35-31-53-50(54-32-35)56-48-29-38(57-36-13-9-11-33(27-36)44-17-5-7-25-51-44)21-23-42(48)43-24-22-39(30-49(43)56)58-37-14-10-12-34(28-37)45-18-6-8-26-52-45;;/h1-26,31-32H;;/q-4;2*+2. The topological polar surface area (TPSA) is 79.9 Å². The molecule has 5 aromatic heterocycles. The van der Waals surface area contributed by atoms with E-state index in [1.54, 1.807) is 12.4 Å². The maximum Gasteiger partial charge on any atom is 2.00 e. The van der Waals surface area contributed by atoms with Crippen LogP contribution in [0.3, 0.4) is 0 Å². The summed E-state index contributed by atoms with van der Waals surface area (Å²) >= 11 is 0. The molecule has 8 nitrogen and oxygen atoms in total. The van der Waals surface area contributed by atoms with E-state index in [4.69, 9.17) is 19.4 Å². The average Bonchev–Trinajstić information content (AvgIpc) is 3.79. The van der Waals surface area contributed by atoms with Gasteiger partial charge in [-0.1, -0.05) is 83.8 Å². The van der Waals surface area contributed by atoms with Crippen molar-refractivity contribution in [2.75, 3.05) is 0 Å². The minimum absolute atomic E-state index is 0. The molecule has 0 aliphatic rings. The monoisotopic (exact) mass is 1130 g/mol. The molecule has 0 N–H and O–H groups in total. The summed E-state index contributed by atoms with van der Waals surface area (Å²) in [4.78, 5) is 18.9. The van der Waals surface area contributed by atoms with Crippen LogP contribution in [-0.2, 0) is 42.1 Å². The normalized spacial score (nSPS) is 11.1. The van der Waals surface area contributed by atoms with Gasteiger partial charge in [-0.05, 0) is 35.7 Å². The summed E-state index contributed by atoms with van der Waals surface area (Å²) in [7, 11) is 0. The van der Waals surface area contributed by atoms with Gasteiger partial charge in [0.1, 0.15) is 0 Å². The first kappa shape index (κ1) is 38.8. The van der Waals surface area contributed by atoms with Gasteiger partial charge >= 0.3 is 42.1 Å². The van der Waals surface area contributed by atoms with E-state index in [0.717, 1.165) is 61.0 Å². The van der Waals surface area contributed by atoms with Crippen LogP contribution in [0.5, 0.6) is 23.0 Å². The maximum atomic E-state index is 6.40. The second-order valence-corrected chi connectivity index (χ2v) is 13.6. The summed E-state index contributed by atoms with van der Waals surface area (Å²) in [5, 5.41) is 4.18. The zero-order valence-electron chi connectivity index (χ0n) is 31.3. The summed E-state index contributed by atoms with van der Waals surface area (Å²) < 4.78 is 16.9. The molecule has 0 aliphatic heterocycles. The summed E-state index contributed by atoms with van der Waals surface area (Å²) in [6.07, 6.45) is 7.24. The Hall–Kier alpha value is -6.72. The third-order valence-corrected chi connectivity index (χ3v) is 10.1. The molecule has 0 atom stereocenters. The van der Waals surface area contributed by atoms with Gasteiger partial charge in [-0.25, -0.2) is 9.97 Å². The minimum atomic E-state index is 0. The van der Waals surface area contributed by atoms with Gasteiger partial charge in [-0.2, -0.15) is 22.9 Å². The number of para-hydroxylation sites is 2. The predicted octanol–water partition coefficient (Wildman–Crippen LogP) is 11.6. The number of hydrogen-bond donors (Lipinski definition) is 0. The molecule has 0 unspecified atom stereocenters. The molecule has 0 fully saturated rings. The Kier molecular flexibility index (Phi) is 10.7. The fraction of sp³-hybridized carbons (Fsp3) is 0. The molecule has 60 heavy (non-hydrogen) atoms. The van der Waals surface area contributed by atoms with Crippen molar-refractivity contribution in [2.45, 2.75) is 0 Å². The van der Waals surface area contributed by atoms with Gasteiger partial charge in [0.15, 0.2) is 0 Å². The Labute approximate surface area is 373 Å². The first-order valence-electron chi connectivity index (χ1n) is 18.7. The number of hydrogen-bond acceptors (Lipinski definition) is 6. The van der Waals surface area contributed by atoms with E-state index in [1.807, 2.05) is 114 Å². The number of pyridine rings is 2. The van der Waals surface area contributed by atoms with Gasteiger partial charge in [0, 0.05) is 46.2 Å². The van der Waals surface area contributed by atoms with Crippen molar-refractivity contribution in [3.63, 3.8) is 0 Å². The van der Waals surface area contributed by atoms with Crippen LogP contribution in [0.2, 0.25) is 0 Å². The van der Waals surface area contributed by atoms with Crippen LogP contribution in [0.1, 0.15) is 0 Å². The Balaban J connectivity index is 0.00000231. The van der Waals surface area contributed by atoms with Crippen molar-refractivity contribution in [1.29, 1.82) is 0 Å². The van der Waals surface area contributed by atoms with Crippen LogP contribution < -0.4 is 9.47 Å². The molecule has 5 heterocycles. The van der Waals surface area contributed by atoms with E-state index in [9.17, 15) is 0 Å². The van der Waals surface area contributed by atoms with Gasteiger partial charge in [-0.15, -0.1) is 71.8 Å². The molecular weight excluding hydrogens is 1110 g/mol. The largest absolute Gasteiger partial charge is 2.00 e. The molecule has 0 bridgehead atoms. The molecule has 0 aliphatic carbocycles. The second kappa shape index (κ2) is 16.5. The van der Waals surface area contributed by atoms with Crippen LogP contribution in [0, 0.1) is 24.3 Å². The number of aromatic nitrogens is 6. The Bertz CT molecular complexity index is 3100. The number of nitrogens with zero attached hydrogens (tertiary/aromatic N) is 6. The van der Waals surface area contributed by atoms with Crippen LogP contribution in [0.25, 0.3) is 77.8 Å². The van der Waals surface area contributed by atoms with E-state index in [0.29, 0.717) is 28.9 Å². The molecule has 0 saturated carbocycles. The molecule has 6 aromatic carbocycles. The van der Waals surface area contributed by atoms with E-state index in [2.05, 4.69) is 87.3 Å². The summed E-state index contributed by atoms with van der Waals surface area (Å²) in [5.74, 6) is 2.54. The molecule has 10 heteroatoms. The Morgan fingerprint density at radius 2 is 0.850 bits per heavy atom. The van der Waals surface area contributed by atoms with Crippen molar-refractivity contribution >= 4 is 43.6 Å². The molecular formula is C50H28N6O2Pt2. The van der Waals surface area contributed by atoms with Crippen LogP contribution in [0.15, 0.2) is 170 Å². The summed E-state index contributed by atoms with van der Waals surface area (Å²) in [5.41, 5.74) is 7.71. The molecule has 0 amide bonds. The Morgan fingerprint density at radius 3 is 1.33 bits per heavy atom. The Morgan fingerprint density at radius 1 is 0.383 bits per heavy atom. The third-order valence-electron chi connectivity index (χ3n) is 10.1. The van der Waals surface area contributed by atoms with Crippen molar-refractivity contribution in [3.8, 4) is 57.1 Å². The van der Waals surface area contributed by atoms with Crippen molar-refractivity contribution in [3.05, 3.63) is 195 Å². The quantitative estimate of drug-likeness (QED) is 0.141. The van der Waals surface area contributed by atoms with Gasteiger partial charge in [0.05, 0.1) is 29.1 Å². The van der Waals surface area contributed by atoms with E-state index >= 15 is 0 Å². The van der Waals surface area contributed by atoms with Crippen LogP contribution in [0.4, 0.5) is 0 Å². The van der Waals surface area contributed by atoms with Gasteiger partial charge < -0.3 is 28.6 Å². The molecule has 0 radical (unpaired) electrons. The number of rotatable bonds is 8. The molecule has 0 spiro atoms. The number of benzene rings is 6. The molecule has 290 valence electrons. The van der Waals surface area contributed by atoms with E-state index < -0.39 is 0 Å². The zero-order chi connectivity index (χ0) is 38.4. The zero-order valence-corrected chi connectivity index (χ0v) is 35.8. The maximum absolute atomic E-state index is 6.40. The van der Waals surface area contributed by atoms with Gasteiger partial charge in [0.2, 0.25) is 5.95 Å². The predicted molar refractivity (Wildman–Crippen MR) is 226 cm³/mol. The van der Waals surface area contributed by atoms with Crippen molar-refractivity contribution in [1.82, 2.24) is 29.1 Å². The summed E-state index contributed by atoms with van der Waals surface area (Å²) in [6, 6.07) is 61.5. The van der Waals surface area contributed by atoms with Crippen LogP contribution >= 0.6 is 0 Å². The van der Waals surface area contributed by atoms with Gasteiger partial charge in [0.25, 0.3) is 0 Å². The minimum Gasteiger partial charge on any atom is -0.503 e. The van der Waals surface area contributed by atoms with Crippen molar-refractivity contribution in [2.24, 2.45) is 0 Å². The number of fused-ring (bicyclic) bond motifs is 6. The van der Waals surface area contributed by atoms with Crippen LogP contribution in [-0.4, -0.2) is 29.1 Å². The first-order valence-corrected chi connectivity index (χ1v) is 18.7. The van der Waals surface area contributed by atoms with E-state index in [1.165, 1.54) is 10.8 Å². The third kappa shape index (κ3) is 7.08. The van der Waals surface area contributed by atoms with Gasteiger partial charge in [-0.3, -0.25) is 0 Å². The molecule has 0 saturated heterocycles. The fourth-order valence-electron chi connectivity index (χ4n) is 7.49. The second-order valence-electron chi connectivity index (χ2n) is 13.6. The number of ether oxygens (including phenoxy) is 2. The fourth-order valence-corrected chi connectivity index (χ4v) is 7.49. The first-order chi connectivity index (χ1) is 28.7. The SMILES string of the molecule is [Pt+2].[Pt+2].[c-]1c(Oc2[c-]c3c(cc2)c2ccc(Oc4[c-]c(-c5ccccn5)ccc4)[c-]c2n3-c2ncc(-n3c4ccccc4c4ccccc43)cn2)cccc1-c1ccccn1. The average molecular weight is 1130 g/mol. The van der Waals surface area contributed by atoms with E-state index in [-0.39, 0.29) is 42.1 Å². The smallest absolute Gasteiger partial charge is 0.503 e. The summed E-state index contributed by atoms with van der Waals surface area (Å²) in [6.45, 7) is 0. The van der Waals surface area contributed by atoms with Crippen molar-refractivity contribution < 1.29 is 51.6 Å².